The fourth-order valence-electron chi connectivity index (χ4n) is 2.56. The number of rotatable bonds is 3. The molecule has 17 heavy (non-hydrogen) atoms. The Morgan fingerprint density at radius 1 is 1.59 bits per heavy atom. The number of carbonyl (C=O) groups is 1. The summed E-state index contributed by atoms with van der Waals surface area (Å²) in [5.41, 5.74) is 1.39. The van der Waals surface area contributed by atoms with Gasteiger partial charge in [0.15, 0.2) is 0 Å². The first-order valence-electron chi connectivity index (χ1n) is 6.55. The van der Waals surface area contributed by atoms with Crippen LogP contribution in [-0.2, 0) is 11.2 Å². The van der Waals surface area contributed by atoms with Gasteiger partial charge in [-0.05, 0) is 36.3 Å². The first kappa shape index (κ1) is 12.6. The van der Waals surface area contributed by atoms with Crippen molar-refractivity contribution in [1.29, 1.82) is 0 Å². The average Bonchev–Trinajstić information content (AvgIpc) is 2.83. The maximum absolute atomic E-state index is 12.4. The van der Waals surface area contributed by atoms with Gasteiger partial charge in [0.25, 0.3) is 0 Å². The summed E-state index contributed by atoms with van der Waals surface area (Å²) < 4.78 is 0. The first-order valence-corrected chi connectivity index (χ1v) is 7.43. The topological polar surface area (TPSA) is 20.3 Å². The molecule has 1 aliphatic rings. The Morgan fingerprint density at radius 3 is 3.00 bits per heavy atom. The van der Waals surface area contributed by atoms with Crippen LogP contribution < -0.4 is 0 Å². The van der Waals surface area contributed by atoms with Crippen LogP contribution in [0.1, 0.15) is 50.1 Å². The van der Waals surface area contributed by atoms with E-state index in [0.29, 0.717) is 11.9 Å². The summed E-state index contributed by atoms with van der Waals surface area (Å²) in [7, 11) is 0. The van der Waals surface area contributed by atoms with Crippen LogP contribution in [0, 0.1) is 5.92 Å². The molecule has 0 bridgehead atoms. The van der Waals surface area contributed by atoms with Crippen molar-refractivity contribution in [3.8, 4) is 0 Å². The molecule has 1 aromatic rings. The van der Waals surface area contributed by atoms with E-state index in [1.807, 2.05) is 18.3 Å². The third kappa shape index (κ3) is 2.25. The number of fused-ring (bicyclic) bond motifs is 1. The molecule has 0 saturated heterocycles. The summed E-state index contributed by atoms with van der Waals surface area (Å²) in [6.45, 7) is 7.20. The van der Waals surface area contributed by atoms with Crippen molar-refractivity contribution in [3.05, 3.63) is 21.9 Å². The molecule has 2 nitrogen and oxygen atoms in total. The highest BCUT2D eigenvalue weighted by atomic mass is 32.1. The predicted octanol–water partition coefficient (Wildman–Crippen LogP) is 3.63. The highest BCUT2D eigenvalue weighted by molar-refractivity contribution is 7.10. The van der Waals surface area contributed by atoms with Crippen LogP contribution in [-0.4, -0.2) is 17.4 Å². The fraction of sp³-hybridized carbons (Fsp3) is 0.643. The minimum absolute atomic E-state index is 0.157. The Morgan fingerprint density at radius 2 is 2.35 bits per heavy atom. The summed E-state index contributed by atoms with van der Waals surface area (Å²) in [5.74, 6) is 0.487. The molecular formula is C14H21NOS. The second-order valence-corrected chi connectivity index (χ2v) is 5.81. The van der Waals surface area contributed by atoms with E-state index in [4.69, 9.17) is 0 Å². The lowest BCUT2D eigenvalue weighted by Crippen LogP contribution is -2.41. The van der Waals surface area contributed by atoms with E-state index in [1.54, 1.807) is 0 Å². The van der Waals surface area contributed by atoms with Crippen LogP contribution in [0.3, 0.4) is 0 Å². The lowest BCUT2D eigenvalue weighted by Gasteiger charge is -2.37. The first-order chi connectivity index (χ1) is 8.19. The quantitative estimate of drug-likeness (QED) is 0.803. The lowest BCUT2D eigenvalue weighted by atomic mass is 9.95. The predicted molar refractivity (Wildman–Crippen MR) is 72.2 cm³/mol. The Balaban J connectivity index is 2.23. The SMILES string of the molecule is CC[C@@H]1c2ccsc2CCN1C(=O)[C@@H](C)CC. The Labute approximate surface area is 108 Å². The zero-order chi connectivity index (χ0) is 12.4. The minimum Gasteiger partial charge on any atom is -0.335 e. The van der Waals surface area contributed by atoms with Gasteiger partial charge in [-0.3, -0.25) is 4.79 Å². The molecule has 0 fully saturated rings. The second kappa shape index (κ2) is 5.21. The highest BCUT2D eigenvalue weighted by Gasteiger charge is 2.31. The molecule has 0 unspecified atom stereocenters. The van der Waals surface area contributed by atoms with Gasteiger partial charge in [0.2, 0.25) is 5.91 Å². The summed E-state index contributed by atoms with van der Waals surface area (Å²) in [6, 6.07) is 2.51. The van der Waals surface area contributed by atoms with Crippen LogP contribution in [0.5, 0.6) is 0 Å². The Kier molecular flexibility index (Phi) is 3.87. The van der Waals surface area contributed by atoms with Crippen molar-refractivity contribution in [2.24, 2.45) is 5.92 Å². The summed E-state index contributed by atoms with van der Waals surface area (Å²) >= 11 is 1.83. The van der Waals surface area contributed by atoms with Crippen LogP contribution in [0.2, 0.25) is 0 Å². The van der Waals surface area contributed by atoms with Crippen LogP contribution in [0.15, 0.2) is 11.4 Å². The monoisotopic (exact) mass is 251 g/mol. The highest BCUT2D eigenvalue weighted by Crippen LogP contribution is 2.36. The molecule has 94 valence electrons. The fourth-order valence-corrected chi connectivity index (χ4v) is 3.49. The maximum Gasteiger partial charge on any atom is 0.225 e. The molecule has 1 aliphatic heterocycles. The van der Waals surface area contributed by atoms with Gasteiger partial charge in [0, 0.05) is 17.3 Å². The number of hydrogen-bond donors (Lipinski definition) is 0. The largest absolute Gasteiger partial charge is 0.335 e. The van der Waals surface area contributed by atoms with E-state index in [2.05, 4.69) is 30.2 Å². The standard InChI is InChI=1S/C14H21NOS/c1-4-10(3)14(16)15-8-6-13-11(7-9-17-13)12(15)5-2/h7,9-10,12H,4-6,8H2,1-3H3/t10-,12+/m0/s1. The zero-order valence-corrected chi connectivity index (χ0v) is 11.7. The molecule has 2 atom stereocenters. The minimum atomic E-state index is 0.157. The molecule has 1 amide bonds. The lowest BCUT2D eigenvalue weighted by molar-refractivity contribution is -0.138. The van der Waals surface area contributed by atoms with Crippen LogP contribution >= 0.6 is 11.3 Å². The van der Waals surface area contributed by atoms with Gasteiger partial charge in [0.05, 0.1) is 6.04 Å². The van der Waals surface area contributed by atoms with E-state index in [0.717, 1.165) is 25.8 Å². The van der Waals surface area contributed by atoms with Gasteiger partial charge < -0.3 is 4.90 Å². The maximum atomic E-state index is 12.4. The zero-order valence-electron chi connectivity index (χ0n) is 10.9. The Bertz CT molecular complexity index is 399. The Hall–Kier alpha value is -0.830. The number of hydrogen-bond acceptors (Lipinski definition) is 2. The summed E-state index contributed by atoms with van der Waals surface area (Å²) in [5, 5.41) is 2.16. The molecule has 3 heteroatoms. The van der Waals surface area contributed by atoms with E-state index in [-0.39, 0.29) is 5.92 Å². The van der Waals surface area contributed by atoms with E-state index < -0.39 is 0 Å². The third-order valence-electron chi connectivity index (χ3n) is 3.80. The van der Waals surface area contributed by atoms with Gasteiger partial charge >= 0.3 is 0 Å². The molecule has 2 heterocycles. The number of nitrogens with zero attached hydrogens (tertiary/aromatic N) is 1. The molecule has 0 saturated carbocycles. The molecule has 1 aromatic heterocycles. The summed E-state index contributed by atoms with van der Waals surface area (Å²) in [6.07, 6.45) is 2.99. The van der Waals surface area contributed by atoms with Gasteiger partial charge in [-0.15, -0.1) is 11.3 Å². The van der Waals surface area contributed by atoms with Crippen molar-refractivity contribution < 1.29 is 4.79 Å². The molecule has 2 rings (SSSR count). The van der Waals surface area contributed by atoms with E-state index >= 15 is 0 Å². The number of carbonyl (C=O) groups excluding carboxylic acids is 1. The van der Waals surface area contributed by atoms with Gasteiger partial charge in [-0.1, -0.05) is 20.8 Å². The van der Waals surface area contributed by atoms with E-state index in [9.17, 15) is 4.79 Å². The number of amides is 1. The second-order valence-electron chi connectivity index (χ2n) is 4.81. The molecule has 0 radical (unpaired) electrons. The molecule has 0 N–H and O–H groups in total. The van der Waals surface area contributed by atoms with Crippen LogP contribution in [0.25, 0.3) is 0 Å². The van der Waals surface area contributed by atoms with E-state index in [1.165, 1.54) is 10.4 Å². The molecule has 0 aromatic carbocycles. The van der Waals surface area contributed by atoms with Crippen molar-refractivity contribution in [2.75, 3.05) is 6.54 Å². The molecule has 0 spiro atoms. The third-order valence-corrected chi connectivity index (χ3v) is 4.80. The van der Waals surface area contributed by atoms with Gasteiger partial charge in [-0.2, -0.15) is 0 Å². The smallest absolute Gasteiger partial charge is 0.225 e. The van der Waals surface area contributed by atoms with Crippen molar-refractivity contribution >= 4 is 17.2 Å². The normalized spacial score (nSPS) is 21.1. The van der Waals surface area contributed by atoms with Gasteiger partial charge in [-0.25, -0.2) is 0 Å². The summed E-state index contributed by atoms with van der Waals surface area (Å²) in [4.78, 5) is 15.9. The van der Waals surface area contributed by atoms with Crippen molar-refractivity contribution in [2.45, 2.75) is 46.1 Å². The molecule has 0 aliphatic carbocycles. The van der Waals surface area contributed by atoms with Crippen molar-refractivity contribution in [3.63, 3.8) is 0 Å². The van der Waals surface area contributed by atoms with Crippen molar-refractivity contribution in [1.82, 2.24) is 4.90 Å². The van der Waals surface area contributed by atoms with Crippen LogP contribution in [0.4, 0.5) is 0 Å². The van der Waals surface area contributed by atoms with Gasteiger partial charge in [0.1, 0.15) is 0 Å². The molecular weight excluding hydrogens is 230 g/mol. The number of thiophene rings is 1. The average molecular weight is 251 g/mol.